The molecule has 3 rings (SSSR count). The molecule has 1 aliphatic heterocycles. The topological polar surface area (TPSA) is 49.9 Å². The highest BCUT2D eigenvalue weighted by Crippen LogP contribution is 2.44. The van der Waals surface area contributed by atoms with Crippen LogP contribution in [-0.4, -0.2) is 53.6 Å². The molecule has 5 nitrogen and oxygen atoms in total. The first-order valence-corrected chi connectivity index (χ1v) is 11.1. The molecule has 0 aliphatic carbocycles. The molecule has 0 bridgehead atoms. The van der Waals surface area contributed by atoms with Crippen molar-refractivity contribution in [2.75, 3.05) is 26.7 Å². The maximum Gasteiger partial charge on any atom is 0.254 e. The lowest BCUT2D eigenvalue weighted by Gasteiger charge is -2.28. The van der Waals surface area contributed by atoms with Gasteiger partial charge in [0.1, 0.15) is 16.9 Å². The van der Waals surface area contributed by atoms with Crippen LogP contribution in [0.3, 0.4) is 0 Å². The maximum atomic E-state index is 13.5. The number of likely N-dealkylation sites (N-methyl/N-ethyl adjacent to an activating group) is 1. The minimum atomic E-state index is -0.437. The van der Waals surface area contributed by atoms with Gasteiger partial charge in [-0.2, -0.15) is 0 Å². The van der Waals surface area contributed by atoms with Crippen molar-refractivity contribution < 1.29 is 18.7 Å². The van der Waals surface area contributed by atoms with Crippen LogP contribution >= 0.6 is 11.8 Å². The van der Waals surface area contributed by atoms with Crippen LogP contribution in [0.2, 0.25) is 0 Å². The zero-order chi connectivity index (χ0) is 21.7. The summed E-state index contributed by atoms with van der Waals surface area (Å²) in [7, 11) is 1.62. The highest BCUT2D eigenvalue weighted by molar-refractivity contribution is 8.01. The van der Waals surface area contributed by atoms with E-state index in [1.165, 1.54) is 18.2 Å². The summed E-state index contributed by atoms with van der Waals surface area (Å²) in [4.78, 5) is 29.2. The Morgan fingerprint density at radius 3 is 2.53 bits per heavy atom. The fourth-order valence-corrected chi connectivity index (χ4v) is 4.97. The average molecular weight is 431 g/mol. The van der Waals surface area contributed by atoms with Gasteiger partial charge in [-0.15, -0.1) is 11.8 Å². The molecule has 2 unspecified atom stereocenters. The van der Waals surface area contributed by atoms with Gasteiger partial charge in [-0.1, -0.05) is 25.1 Å². The second-order valence-electron chi connectivity index (χ2n) is 7.09. The zero-order valence-corrected chi connectivity index (χ0v) is 18.3. The molecular formula is C23H27FN2O3S. The number of rotatable bonds is 8. The Balaban J connectivity index is 1.75. The van der Waals surface area contributed by atoms with Gasteiger partial charge in [0.15, 0.2) is 0 Å². The monoisotopic (exact) mass is 430 g/mol. The van der Waals surface area contributed by atoms with E-state index in [0.717, 1.165) is 17.7 Å². The highest BCUT2D eigenvalue weighted by Gasteiger charge is 2.40. The van der Waals surface area contributed by atoms with E-state index in [2.05, 4.69) is 0 Å². The highest BCUT2D eigenvalue weighted by atomic mass is 32.2. The number of thioether (sulfide) groups is 1. The predicted molar refractivity (Wildman–Crippen MR) is 117 cm³/mol. The summed E-state index contributed by atoms with van der Waals surface area (Å²) in [6, 6.07) is 13.4. The van der Waals surface area contributed by atoms with Crippen LogP contribution in [0.25, 0.3) is 0 Å². The molecule has 1 saturated heterocycles. The van der Waals surface area contributed by atoms with Crippen molar-refractivity contribution in [1.29, 1.82) is 0 Å². The molecule has 0 N–H and O–H groups in total. The molecule has 160 valence electrons. The number of amides is 2. The molecular weight excluding hydrogens is 403 g/mol. The molecule has 0 saturated carbocycles. The summed E-state index contributed by atoms with van der Waals surface area (Å²) in [5.74, 6) is 0.194. The van der Waals surface area contributed by atoms with Crippen molar-refractivity contribution in [2.24, 2.45) is 0 Å². The van der Waals surface area contributed by atoms with Gasteiger partial charge in [-0.25, -0.2) is 4.39 Å². The number of benzene rings is 2. The lowest BCUT2D eigenvalue weighted by Crippen LogP contribution is -2.40. The molecule has 2 aromatic carbocycles. The molecule has 0 spiro atoms. The molecule has 7 heteroatoms. The normalized spacial score (nSPS) is 18.5. The summed E-state index contributed by atoms with van der Waals surface area (Å²) in [5.41, 5.74) is 1.35. The van der Waals surface area contributed by atoms with E-state index >= 15 is 0 Å². The Labute approximate surface area is 181 Å². The third-order valence-electron chi connectivity index (χ3n) is 5.26. The van der Waals surface area contributed by atoms with Gasteiger partial charge in [-0.3, -0.25) is 9.59 Å². The SMILES string of the molecule is CCC1SC(c2ccc(OC)cc2)N(CCN(CC)C(=O)c2cccc(F)c2)C1=O. The molecule has 2 amide bonds. The van der Waals surface area contributed by atoms with Crippen LogP contribution in [0.5, 0.6) is 5.75 Å². The van der Waals surface area contributed by atoms with E-state index < -0.39 is 5.82 Å². The van der Waals surface area contributed by atoms with Crippen LogP contribution in [0.4, 0.5) is 4.39 Å². The molecule has 1 heterocycles. The fourth-order valence-electron chi connectivity index (χ4n) is 3.55. The lowest BCUT2D eigenvalue weighted by atomic mass is 10.1. The van der Waals surface area contributed by atoms with Crippen molar-refractivity contribution >= 4 is 23.6 Å². The molecule has 1 fully saturated rings. The van der Waals surface area contributed by atoms with Crippen molar-refractivity contribution in [3.8, 4) is 5.75 Å². The van der Waals surface area contributed by atoms with E-state index in [-0.39, 0.29) is 22.4 Å². The second-order valence-corrected chi connectivity index (χ2v) is 8.37. The molecule has 1 aliphatic rings. The van der Waals surface area contributed by atoms with Gasteiger partial charge in [0.2, 0.25) is 5.91 Å². The van der Waals surface area contributed by atoms with E-state index in [1.54, 1.807) is 29.8 Å². The van der Waals surface area contributed by atoms with Crippen LogP contribution in [-0.2, 0) is 4.79 Å². The van der Waals surface area contributed by atoms with Crippen LogP contribution < -0.4 is 4.74 Å². The number of carbonyl (C=O) groups excluding carboxylic acids is 2. The van der Waals surface area contributed by atoms with Crippen molar-refractivity contribution in [3.63, 3.8) is 0 Å². The summed E-state index contributed by atoms with van der Waals surface area (Å²) in [6.07, 6.45) is 0.756. The molecule has 30 heavy (non-hydrogen) atoms. The van der Waals surface area contributed by atoms with Gasteiger partial charge >= 0.3 is 0 Å². The quantitative estimate of drug-likeness (QED) is 0.625. The Kier molecular flexibility index (Phi) is 7.37. The lowest BCUT2D eigenvalue weighted by molar-refractivity contribution is -0.130. The minimum Gasteiger partial charge on any atom is -0.497 e. The third kappa shape index (κ3) is 4.78. The standard InChI is InChI=1S/C23H27FN2O3S/c1-4-20-22(28)26(23(30-20)16-9-11-19(29-3)12-10-16)14-13-25(5-2)21(27)17-7-6-8-18(24)15-17/h6-12,15,20,23H,4-5,13-14H2,1-3H3. The fraction of sp³-hybridized carbons (Fsp3) is 0.391. The van der Waals surface area contributed by atoms with Crippen LogP contribution in [0.15, 0.2) is 48.5 Å². The van der Waals surface area contributed by atoms with Gasteiger partial charge in [-0.05, 0) is 49.2 Å². The second kappa shape index (κ2) is 9.98. The molecule has 2 aromatic rings. The first-order chi connectivity index (χ1) is 14.5. The maximum absolute atomic E-state index is 13.5. The van der Waals surface area contributed by atoms with E-state index in [9.17, 15) is 14.0 Å². The van der Waals surface area contributed by atoms with Gasteiger partial charge in [0, 0.05) is 25.2 Å². The third-order valence-corrected chi connectivity index (χ3v) is 6.91. The number of halogens is 1. The predicted octanol–water partition coefficient (Wildman–Crippen LogP) is 4.35. The molecule has 0 aromatic heterocycles. The van der Waals surface area contributed by atoms with E-state index in [0.29, 0.717) is 25.2 Å². The number of nitrogens with zero attached hydrogens (tertiary/aromatic N) is 2. The number of methoxy groups -OCH3 is 1. The van der Waals surface area contributed by atoms with Crippen LogP contribution in [0, 0.1) is 5.82 Å². The number of ether oxygens (including phenoxy) is 1. The zero-order valence-electron chi connectivity index (χ0n) is 17.5. The summed E-state index contributed by atoms with van der Waals surface area (Å²) >= 11 is 1.64. The van der Waals surface area contributed by atoms with Crippen molar-refractivity contribution in [2.45, 2.75) is 30.9 Å². The van der Waals surface area contributed by atoms with Crippen LogP contribution in [0.1, 0.15) is 41.6 Å². The smallest absolute Gasteiger partial charge is 0.254 e. The van der Waals surface area contributed by atoms with E-state index in [1.807, 2.05) is 43.0 Å². The Morgan fingerprint density at radius 2 is 1.93 bits per heavy atom. The van der Waals surface area contributed by atoms with Crippen molar-refractivity contribution in [1.82, 2.24) is 9.80 Å². The Morgan fingerprint density at radius 1 is 1.20 bits per heavy atom. The van der Waals surface area contributed by atoms with Gasteiger partial charge in [0.25, 0.3) is 5.91 Å². The van der Waals surface area contributed by atoms with Gasteiger partial charge in [0.05, 0.1) is 12.4 Å². The molecule has 2 atom stereocenters. The average Bonchev–Trinajstić information content (AvgIpc) is 3.09. The summed E-state index contributed by atoms with van der Waals surface area (Å²) in [5, 5.41) is -0.192. The summed E-state index contributed by atoms with van der Waals surface area (Å²) in [6.45, 7) is 5.19. The number of hydrogen-bond donors (Lipinski definition) is 0. The largest absolute Gasteiger partial charge is 0.497 e. The first-order valence-electron chi connectivity index (χ1n) is 10.1. The number of carbonyl (C=O) groups is 2. The van der Waals surface area contributed by atoms with Gasteiger partial charge < -0.3 is 14.5 Å². The Hall–Kier alpha value is -2.54. The number of hydrogen-bond acceptors (Lipinski definition) is 4. The van der Waals surface area contributed by atoms with Crippen molar-refractivity contribution in [3.05, 3.63) is 65.5 Å². The first kappa shape index (κ1) is 22.2. The summed E-state index contributed by atoms with van der Waals surface area (Å²) < 4.78 is 18.8. The molecule has 0 radical (unpaired) electrons. The Bertz CT molecular complexity index is 890. The van der Waals surface area contributed by atoms with E-state index in [4.69, 9.17) is 4.74 Å². The minimum absolute atomic E-state index is 0.0916.